The molecular formula is C14H20N6. The van der Waals surface area contributed by atoms with Gasteiger partial charge in [-0.25, -0.2) is 0 Å². The van der Waals surface area contributed by atoms with Crippen LogP contribution in [0.5, 0.6) is 0 Å². The molecule has 0 amide bonds. The van der Waals surface area contributed by atoms with Gasteiger partial charge in [-0.05, 0) is 18.6 Å². The standard InChI is InChI=1S/C14H20N6/c1-2-7-17-12-10-13(20-14(15)19-12)18-9-6-11-5-3-4-8-16-11/h3-5,8,10H,2,6-7,9H2,1H3,(H4,15,17,18,19,20). The molecule has 0 spiro atoms. The minimum Gasteiger partial charge on any atom is -0.370 e. The summed E-state index contributed by atoms with van der Waals surface area (Å²) in [5.41, 5.74) is 6.75. The number of hydrogen-bond acceptors (Lipinski definition) is 6. The summed E-state index contributed by atoms with van der Waals surface area (Å²) in [5.74, 6) is 1.75. The maximum atomic E-state index is 5.70. The first-order valence-electron chi connectivity index (χ1n) is 6.80. The van der Waals surface area contributed by atoms with E-state index in [4.69, 9.17) is 5.73 Å². The Kier molecular flexibility index (Phi) is 5.11. The number of aromatic nitrogens is 3. The molecule has 6 heteroatoms. The monoisotopic (exact) mass is 272 g/mol. The quantitative estimate of drug-likeness (QED) is 0.713. The van der Waals surface area contributed by atoms with E-state index in [9.17, 15) is 0 Å². The molecule has 0 radical (unpaired) electrons. The number of pyridine rings is 1. The lowest BCUT2D eigenvalue weighted by Gasteiger charge is -2.09. The van der Waals surface area contributed by atoms with Gasteiger partial charge in [-0.3, -0.25) is 4.98 Å². The Morgan fingerprint density at radius 2 is 1.85 bits per heavy atom. The van der Waals surface area contributed by atoms with E-state index in [1.807, 2.05) is 24.3 Å². The Labute approximate surface area is 118 Å². The predicted molar refractivity (Wildman–Crippen MR) is 81.7 cm³/mol. The smallest absolute Gasteiger partial charge is 0.223 e. The van der Waals surface area contributed by atoms with E-state index in [0.29, 0.717) is 0 Å². The number of hydrogen-bond donors (Lipinski definition) is 3. The molecule has 0 aromatic carbocycles. The van der Waals surface area contributed by atoms with Gasteiger partial charge in [-0.1, -0.05) is 13.0 Å². The van der Waals surface area contributed by atoms with E-state index < -0.39 is 0 Å². The van der Waals surface area contributed by atoms with Crippen LogP contribution in [0.1, 0.15) is 19.0 Å². The lowest BCUT2D eigenvalue weighted by Crippen LogP contribution is -2.10. The molecule has 2 aromatic heterocycles. The summed E-state index contributed by atoms with van der Waals surface area (Å²) in [6, 6.07) is 7.76. The van der Waals surface area contributed by atoms with Crippen LogP contribution in [0.25, 0.3) is 0 Å². The molecule has 106 valence electrons. The van der Waals surface area contributed by atoms with Crippen LogP contribution < -0.4 is 16.4 Å². The molecule has 0 fully saturated rings. The fraction of sp³-hybridized carbons (Fsp3) is 0.357. The first-order valence-corrected chi connectivity index (χ1v) is 6.80. The lowest BCUT2D eigenvalue weighted by atomic mass is 10.3. The van der Waals surface area contributed by atoms with Gasteiger partial charge in [0.2, 0.25) is 5.95 Å². The molecule has 0 aliphatic rings. The highest BCUT2D eigenvalue weighted by Gasteiger charge is 2.02. The van der Waals surface area contributed by atoms with Crippen molar-refractivity contribution < 1.29 is 0 Å². The Morgan fingerprint density at radius 3 is 2.50 bits per heavy atom. The van der Waals surface area contributed by atoms with E-state index >= 15 is 0 Å². The van der Waals surface area contributed by atoms with Crippen LogP contribution in [0.4, 0.5) is 17.6 Å². The minimum atomic E-state index is 0.270. The van der Waals surface area contributed by atoms with Crippen molar-refractivity contribution in [2.24, 2.45) is 0 Å². The molecule has 0 atom stereocenters. The number of nitrogens with zero attached hydrogens (tertiary/aromatic N) is 3. The summed E-state index contributed by atoms with van der Waals surface area (Å²) in [6.07, 6.45) is 3.67. The first kappa shape index (κ1) is 14.0. The zero-order valence-corrected chi connectivity index (χ0v) is 11.6. The number of nitrogen functional groups attached to an aromatic ring is 1. The van der Waals surface area contributed by atoms with E-state index in [2.05, 4.69) is 32.5 Å². The molecule has 0 aliphatic carbocycles. The van der Waals surface area contributed by atoms with Crippen molar-refractivity contribution in [1.29, 1.82) is 0 Å². The average molecular weight is 272 g/mol. The van der Waals surface area contributed by atoms with E-state index in [1.54, 1.807) is 6.20 Å². The third-order valence-corrected chi connectivity index (χ3v) is 2.71. The fourth-order valence-corrected chi connectivity index (χ4v) is 1.76. The molecule has 0 aliphatic heterocycles. The van der Waals surface area contributed by atoms with Gasteiger partial charge in [0, 0.05) is 37.5 Å². The van der Waals surface area contributed by atoms with Crippen molar-refractivity contribution in [3.63, 3.8) is 0 Å². The second-order valence-corrected chi connectivity index (χ2v) is 4.42. The van der Waals surface area contributed by atoms with Crippen LogP contribution in [0.2, 0.25) is 0 Å². The lowest BCUT2D eigenvalue weighted by molar-refractivity contribution is 0.946. The Hall–Kier alpha value is -2.37. The third-order valence-electron chi connectivity index (χ3n) is 2.71. The number of nitrogens with two attached hydrogens (primary N) is 1. The molecule has 0 saturated heterocycles. The average Bonchev–Trinajstić information content (AvgIpc) is 2.46. The van der Waals surface area contributed by atoms with Gasteiger partial charge < -0.3 is 16.4 Å². The van der Waals surface area contributed by atoms with Gasteiger partial charge in [0.1, 0.15) is 11.6 Å². The van der Waals surface area contributed by atoms with Gasteiger partial charge in [0.25, 0.3) is 0 Å². The number of anilines is 3. The van der Waals surface area contributed by atoms with Gasteiger partial charge in [0.15, 0.2) is 0 Å². The minimum absolute atomic E-state index is 0.270. The summed E-state index contributed by atoms with van der Waals surface area (Å²) in [7, 11) is 0. The van der Waals surface area contributed by atoms with Crippen molar-refractivity contribution >= 4 is 17.6 Å². The predicted octanol–water partition coefficient (Wildman–Crippen LogP) is 1.93. The fourth-order valence-electron chi connectivity index (χ4n) is 1.76. The SMILES string of the molecule is CCCNc1cc(NCCc2ccccn2)nc(N)n1. The number of nitrogens with one attached hydrogen (secondary N) is 2. The second kappa shape index (κ2) is 7.28. The highest BCUT2D eigenvalue weighted by Crippen LogP contribution is 2.12. The van der Waals surface area contributed by atoms with Crippen molar-refractivity contribution in [1.82, 2.24) is 15.0 Å². The summed E-state index contributed by atoms with van der Waals surface area (Å²) in [5, 5.41) is 6.44. The normalized spacial score (nSPS) is 10.2. The summed E-state index contributed by atoms with van der Waals surface area (Å²) in [6.45, 7) is 3.72. The summed E-state index contributed by atoms with van der Waals surface area (Å²) < 4.78 is 0. The zero-order valence-electron chi connectivity index (χ0n) is 11.6. The molecule has 2 aromatic rings. The Balaban J connectivity index is 1.90. The van der Waals surface area contributed by atoms with Gasteiger partial charge in [-0.2, -0.15) is 9.97 Å². The highest BCUT2D eigenvalue weighted by atomic mass is 15.1. The topological polar surface area (TPSA) is 88.8 Å². The van der Waals surface area contributed by atoms with Crippen LogP contribution in [0, 0.1) is 0 Å². The van der Waals surface area contributed by atoms with Crippen LogP contribution in [0.3, 0.4) is 0 Å². The molecule has 0 bridgehead atoms. The molecular weight excluding hydrogens is 252 g/mol. The highest BCUT2D eigenvalue weighted by molar-refractivity contribution is 5.50. The van der Waals surface area contributed by atoms with Crippen LogP contribution >= 0.6 is 0 Å². The Morgan fingerprint density at radius 1 is 1.10 bits per heavy atom. The largest absolute Gasteiger partial charge is 0.370 e. The maximum absolute atomic E-state index is 5.70. The van der Waals surface area contributed by atoms with E-state index in [-0.39, 0.29) is 5.95 Å². The van der Waals surface area contributed by atoms with Crippen LogP contribution in [-0.4, -0.2) is 28.0 Å². The Bertz CT molecular complexity index is 528. The third kappa shape index (κ3) is 4.38. The number of rotatable bonds is 7. The van der Waals surface area contributed by atoms with Gasteiger partial charge >= 0.3 is 0 Å². The molecule has 20 heavy (non-hydrogen) atoms. The summed E-state index contributed by atoms with van der Waals surface area (Å²) in [4.78, 5) is 12.6. The molecule has 2 rings (SSSR count). The van der Waals surface area contributed by atoms with Crippen LogP contribution in [0.15, 0.2) is 30.5 Å². The second-order valence-electron chi connectivity index (χ2n) is 4.42. The van der Waals surface area contributed by atoms with E-state index in [1.165, 1.54) is 0 Å². The molecule has 2 heterocycles. The zero-order chi connectivity index (χ0) is 14.2. The van der Waals surface area contributed by atoms with Crippen molar-refractivity contribution in [3.8, 4) is 0 Å². The molecule has 0 unspecified atom stereocenters. The van der Waals surface area contributed by atoms with Gasteiger partial charge in [0.05, 0.1) is 0 Å². The summed E-state index contributed by atoms with van der Waals surface area (Å²) >= 11 is 0. The maximum Gasteiger partial charge on any atom is 0.223 e. The molecule has 0 saturated carbocycles. The van der Waals surface area contributed by atoms with Crippen molar-refractivity contribution in [3.05, 3.63) is 36.2 Å². The van der Waals surface area contributed by atoms with Crippen molar-refractivity contribution in [2.75, 3.05) is 29.5 Å². The van der Waals surface area contributed by atoms with Crippen molar-refractivity contribution in [2.45, 2.75) is 19.8 Å². The van der Waals surface area contributed by atoms with Crippen LogP contribution in [-0.2, 0) is 6.42 Å². The van der Waals surface area contributed by atoms with E-state index in [0.717, 1.165) is 43.3 Å². The molecule has 4 N–H and O–H groups in total. The first-order chi connectivity index (χ1) is 9.78. The van der Waals surface area contributed by atoms with Gasteiger partial charge in [-0.15, -0.1) is 0 Å². The molecule has 6 nitrogen and oxygen atoms in total.